The van der Waals surface area contributed by atoms with Gasteiger partial charge in [-0.25, -0.2) is 0 Å². The summed E-state index contributed by atoms with van der Waals surface area (Å²) >= 11 is 8.53. The van der Waals surface area contributed by atoms with Gasteiger partial charge in [-0.1, -0.05) is 0 Å². The summed E-state index contributed by atoms with van der Waals surface area (Å²) in [6.07, 6.45) is 1.61. The maximum Gasteiger partial charge on any atom is 0.269 e. The van der Waals surface area contributed by atoms with E-state index in [0.29, 0.717) is 23.2 Å². The third-order valence-corrected chi connectivity index (χ3v) is 4.45. The van der Waals surface area contributed by atoms with Gasteiger partial charge in [-0.05, 0) is 64.9 Å². The Bertz CT molecular complexity index is 875. The third-order valence-electron chi connectivity index (χ3n) is 3.53. The molecule has 148 valence electrons. The summed E-state index contributed by atoms with van der Waals surface area (Å²) in [5.41, 5.74) is 4.33. The molecule has 2 aromatic rings. The van der Waals surface area contributed by atoms with E-state index in [4.69, 9.17) is 21.7 Å². The van der Waals surface area contributed by atoms with Crippen LogP contribution in [-0.2, 0) is 6.61 Å². The number of thiocarbonyl (C=S) groups is 1. The molecule has 2 aromatic carbocycles. The van der Waals surface area contributed by atoms with Crippen LogP contribution in [0.3, 0.4) is 0 Å². The molecule has 2 N–H and O–H groups in total. The molecule has 0 fully saturated rings. The van der Waals surface area contributed by atoms with Crippen LogP contribution in [0.2, 0.25) is 0 Å². The number of methoxy groups -OCH3 is 1. The number of nitrogens with zero attached hydrogens (tertiary/aromatic N) is 2. The highest BCUT2D eigenvalue weighted by molar-refractivity contribution is 9.10. The number of hydrazone groups is 1. The predicted molar refractivity (Wildman–Crippen MR) is 115 cm³/mol. The van der Waals surface area contributed by atoms with Gasteiger partial charge >= 0.3 is 0 Å². The van der Waals surface area contributed by atoms with E-state index >= 15 is 0 Å². The molecule has 0 unspecified atom stereocenters. The molecule has 0 amide bonds. The van der Waals surface area contributed by atoms with Crippen LogP contribution >= 0.6 is 28.1 Å². The van der Waals surface area contributed by atoms with Crippen LogP contribution in [0.1, 0.15) is 18.1 Å². The first-order valence-corrected chi connectivity index (χ1v) is 9.45. The fourth-order valence-electron chi connectivity index (χ4n) is 2.16. The maximum absolute atomic E-state index is 10.7. The Labute approximate surface area is 176 Å². The van der Waals surface area contributed by atoms with Crippen molar-refractivity contribution >= 4 is 45.2 Å². The number of nitro groups is 1. The Balaban J connectivity index is 2.08. The number of hydrogen-bond acceptors (Lipinski definition) is 6. The Hall–Kier alpha value is -2.72. The first-order chi connectivity index (χ1) is 13.4. The number of nitro benzene ring substituents is 1. The molecular weight excluding hydrogens is 448 g/mol. The fraction of sp³-hybridized carbons (Fsp3) is 0.222. The van der Waals surface area contributed by atoms with Crippen LogP contribution in [0.15, 0.2) is 46.0 Å². The minimum atomic E-state index is -0.440. The second-order valence-electron chi connectivity index (χ2n) is 5.47. The van der Waals surface area contributed by atoms with Gasteiger partial charge in [0.2, 0.25) is 0 Å². The number of non-ortho nitro benzene ring substituents is 1. The molecule has 0 spiro atoms. The molecule has 0 radical (unpaired) electrons. The van der Waals surface area contributed by atoms with Gasteiger partial charge in [0.25, 0.3) is 5.69 Å². The predicted octanol–water partition coefficient (Wildman–Crippen LogP) is 3.76. The summed E-state index contributed by atoms with van der Waals surface area (Å²) in [4.78, 5) is 10.3. The third kappa shape index (κ3) is 6.17. The Morgan fingerprint density at radius 3 is 2.64 bits per heavy atom. The Morgan fingerprint density at radius 1 is 1.32 bits per heavy atom. The highest BCUT2D eigenvalue weighted by Gasteiger charge is 2.11. The van der Waals surface area contributed by atoms with Crippen LogP contribution in [0.4, 0.5) is 5.69 Å². The molecule has 0 bridgehead atoms. The SMILES string of the molecule is CCNC(=S)N/N=C\c1cc(OC)c(OCc2ccc([N+](=O)[O-])cc2)cc1Br. The number of halogens is 1. The average Bonchev–Trinajstić information content (AvgIpc) is 2.68. The Morgan fingerprint density at radius 2 is 2.04 bits per heavy atom. The minimum Gasteiger partial charge on any atom is -0.493 e. The van der Waals surface area contributed by atoms with E-state index in [0.717, 1.165) is 15.6 Å². The summed E-state index contributed by atoms with van der Waals surface area (Å²) in [6, 6.07) is 9.73. The first kappa shape index (κ1) is 21.6. The lowest BCUT2D eigenvalue weighted by Gasteiger charge is -2.13. The number of nitrogens with one attached hydrogen (secondary N) is 2. The molecule has 2 rings (SSSR count). The van der Waals surface area contributed by atoms with Gasteiger partial charge < -0.3 is 14.8 Å². The minimum absolute atomic E-state index is 0.0370. The smallest absolute Gasteiger partial charge is 0.269 e. The lowest BCUT2D eigenvalue weighted by molar-refractivity contribution is -0.384. The van der Waals surface area contributed by atoms with E-state index in [1.54, 1.807) is 37.6 Å². The van der Waals surface area contributed by atoms with Gasteiger partial charge in [-0.3, -0.25) is 15.5 Å². The number of benzene rings is 2. The van der Waals surface area contributed by atoms with Crippen molar-refractivity contribution in [3.05, 3.63) is 62.1 Å². The molecule has 0 atom stereocenters. The number of rotatable bonds is 8. The second-order valence-corrected chi connectivity index (χ2v) is 6.73. The zero-order valence-corrected chi connectivity index (χ0v) is 17.7. The van der Waals surface area contributed by atoms with Crippen LogP contribution in [-0.4, -0.2) is 29.9 Å². The zero-order chi connectivity index (χ0) is 20.5. The van der Waals surface area contributed by atoms with Crippen molar-refractivity contribution in [3.8, 4) is 11.5 Å². The molecule has 0 saturated heterocycles. The van der Waals surface area contributed by atoms with E-state index in [1.807, 2.05) is 6.92 Å². The topological polar surface area (TPSA) is 98.0 Å². The van der Waals surface area contributed by atoms with Crippen LogP contribution in [0.25, 0.3) is 0 Å². The summed E-state index contributed by atoms with van der Waals surface area (Å²) in [6.45, 7) is 2.89. The Kier molecular flexibility index (Phi) is 8.15. The van der Waals surface area contributed by atoms with Crippen LogP contribution in [0.5, 0.6) is 11.5 Å². The average molecular weight is 467 g/mol. The normalized spacial score (nSPS) is 10.5. The van der Waals surface area contributed by atoms with Gasteiger partial charge in [0.15, 0.2) is 16.6 Å². The van der Waals surface area contributed by atoms with Crippen molar-refractivity contribution in [1.82, 2.24) is 10.7 Å². The molecule has 28 heavy (non-hydrogen) atoms. The molecule has 8 nitrogen and oxygen atoms in total. The van der Waals surface area contributed by atoms with Gasteiger partial charge in [0, 0.05) is 28.7 Å². The fourth-order valence-corrected chi connectivity index (χ4v) is 2.78. The second kappa shape index (κ2) is 10.6. The van der Waals surface area contributed by atoms with Crippen molar-refractivity contribution in [2.75, 3.05) is 13.7 Å². The van der Waals surface area contributed by atoms with Gasteiger partial charge in [0.1, 0.15) is 6.61 Å². The zero-order valence-electron chi connectivity index (χ0n) is 15.3. The molecule has 0 heterocycles. The molecular formula is C18H19BrN4O4S. The highest BCUT2D eigenvalue weighted by Crippen LogP contribution is 2.33. The van der Waals surface area contributed by atoms with E-state index < -0.39 is 4.92 Å². The summed E-state index contributed by atoms with van der Waals surface area (Å²) in [5.74, 6) is 1.06. The first-order valence-electron chi connectivity index (χ1n) is 8.25. The highest BCUT2D eigenvalue weighted by atomic mass is 79.9. The van der Waals surface area contributed by atoms with Crippen molar-refractivity contribution in [3.63, 3.8) is 0 Å². The number of ether oxygens (including phenoxy) is 2. The standard InChI is InChI=1S/C18H19BrN4O4S/c1-3-20-18(28)22-21-10-13-8-16(26-2)17(9-15(13)19)27-11-12-4-6-14(7-5-12)23(24)25/h4-10H,3,11H2,1-2H3,(H2,20,22,28)/b21-10-. The summed E-state index contributed by atoms with van der Waals surface area (Å²) in [7, 11) is 1.54. The maximum atomic E-state index is 10.7. The summed E-state index contributed by atoms with van der Waals surface area (Å²) in [5, 5.41) is 18.2. The molecule has 0 aromatic heterocycles. The van der Waals surface area contributed by atoms with Crippen molar-refractivity contribution in [2.24, 2.45) is 5.10 Å². The van der Waals surface area contributed by atoms with Gasteiger partial charge in [0.05, 0.1) is 18.2 Å². The molecule has 0 aliphatic rings. The molecule has 10 heteroatoms. The molecule has 0 saturated carbocycles. The van der Waals surface area contributed by atoms with Gasteiger partial charge in [-0.15, -0.1) is 0 Å². The largest absolute Gasteiger partial charge is 0.493 e. The molecule has 0 aliphatic carbocycles. The van der Waals surface area contributed by atoms with Crippen molar-refractivity contribution < 1.29 is 14.4 Å². The van der Waals surface area contributed by atoms with E-state index in [9.17, 15) is 10.1 Å². The molecule has 0 aliphatic heterocycles. The van der Waals surface area contributed by atoms with Crippen molar-refractivity contribution in [2.45, 2.75) is 13.5 Å². The van der Waals surface area contributed by atoms with Crippen LogP contribution in [0, 0.1) is 10.1 Å². The van der Waals surface area contributed by atoms with Crippen LogP contribution < -0.4 is 20.2 Å². The number of hydrogen-bond donors (Lipinski definition) is 2. The quantitative estimate of drug-likeness (QED) is 0.264. The van der Waals surface area contributed by atoms with E-state index in [1.165, 1.54) is 12.1 Å². The van der Waals surface area contributed by atoms with E-state index in [2.05, 4.69) is 31.8 Å². The van der Waals surface area contributed by atoms with Gasteiger partial charge in [-0.2, -0.15) is 5.10 Å². The summed E-state index contributed by atoms with van der Waals surface area (Å²) < 4.78 is 12.0. The van der Waals surface area contributed by atoms with E-state index in [-0.39, 0.29) is 12.3 Å². The lowest BCUT2D eigenvalue weighted by Crippen LogP contribution is -2.31. The lowest BCUT2D eigenvalue weighted by atomic mass is 10.2. The monoisotopic (exact) mass is 466 g/mol. The van der Waals surface area contributed by atoms with Crippen molar-refractivity contribution in [1.29, 1.82) is 0 Å².